The fourth-order valence-electron chi connectivity index (χ4n) is 3.03. The number of hydrogen-bond acceptors (Lipinski definition) is 2. The molecule has 2 aliphatic rings. The number of anilines is 2. The Morgan fingerprint density at radius 1 is 1.35 bits per heavy atom. The van der Waals surface area contributed by atoms with Gasteiger partial charge in [-0.2, -0.15) is 0 Å². The maximum Gasteiger partial charge on any atom is 0.250 e. The van der Waals surface area contributed by atoms with Crippen LogP contribution in [0.1, 0.15) is 25.7 Å². The number of nitrogens with zero attached hydrogens (tertiary/aromatic N) is 1. The van der Waals surface area contributed by atoms with Crippen LogP contribution in [0.25, 0.3) is 0 Å². The Labute approximate surface area is 99.6 Å². The number of hydrogen-bond donors (Lipinski definition) is 1. The van der Waals surface area contributed by atoms with Crippen molar-refractivity contribution in [2.45, 2.75) is 31.2 Å². The van der Waals surface area contributed by atoms with Crippen molar-refractivity contribution in [2.24, 2.45) is 0 Å². The van der Waals surface area contributed by atoms with Gasteiger partial charge in [0, 0.05) is 7.05 Å². The molecule has 17 heavy (non-hydrogen) atoms. The van der Waals surface area contributed by atoms with Crippen molar-refractivity contribution >= 4 is 17.3 Å². The lowest BCUT2D eigenvalue weighted by molar-refractivity contribution is -0.121. The van der Waals surface area contributed by atoms with Gasteiger partial charge in [0.2, 0.25) is 5.91 Å². The van der Waals surface area contributed by atoms with E-state index in [1.807, 2.05) is 11.9 Å². The summed E-state index contributed by atoms with van der Waals surface area (Å²) in [6.45, 7) is 0. The molecule has 90 valence electrons. The molecule has 1 fully saturated rings. The SMILES string of the molecule is CN1c2cc(F)ccc2NC(=O)C12CCCC2. The van der Waals surface area contributed by atoms with E-state index in [4.69, 9.17) is 0 Å². The van der Waals surface area contributed by atoms with Gasteiger partial charge in [-0.05, 0) is 31.0 Å². The summed E-state index contributed by atoms with van der Waals surface area (Å²) in [6, 6.07) is 4.50. The minimum absolute atomic E-state index is 0.0524. The smallest absolute Gasteiger partial charge is 0.250 e. The Hall–Kier alpha value is -1.58. The second kappa shape index (κ2) is 3.45. The van der Waals surface area contributed by atoms with Gasteiger partial charge in [-0.25, -0.2) is 4.39 Å². The number of carbonyl (C=O) groups excluding carboxylic acids is 1. The topological polar surface area (TPSA) is 32.3 Å². The first-order chi connectivity index (χ1) is 8.13. The lowest BCUT2D eigenvalue weighted by atomic mass is 9.91. The van der Waals surface area contributed by atoms with Crippen LogP contribution < -0.4 is 10.2 Å². The van der Waals surface area contributed by atoms with E-state index in [0.29, 0.717) is 5.69 Å². The Balaban J connectivity index is 2.11. The molecule has 0 radical (unpaired) electrons. The van der Waals surface area contributed by atoms with Crippen molar-refractivity contribution in [3.8, 4) is 0 Å². The molecule has 0 saturated heterocycles. The first-order valence-corrected chi connectivity index (χ1v) is 5.98. The number of benzene rings is 1. The lowest BCUT2D eigenvalue weighted by Gasteiger charge is -2.43. The molecule has 1 spiro atoms. The third-order valence-electron chi connectivity index (χ3n) is 4.06. The summed E-state index contributed by atoms with van der Waals surface area (Å²) in [4.78, 5) is 14.2. The molecule has 1 aromatic carbocycles. The van der Waals surface area contributed by atoms with Crippen LogP contribution in [0.4, 0.5) is 15.8 Å². The van der Waals surface area contributed by atoms with Crippen LogP contribution in [-0.4, -0.2) is 18.5 Å². The van der Waals surface area contributed by atoms with Crippen molar-refractivity contribution in [1.82, 2.24) is 0 Å². The highest BCUT2D eigenvalue weighted by Crippen LogP contribution is 2.44. The van der Waals surface area contributed by atoms with Crippen LogP contribution in [0.15, 0.2) is 18.2 Å². The maximum atomic E-state index is 13.3. The molecule has 3 rings (SSSR count). The van der Waals surface area contributed by atoms with E-state index in [1.165, 1.54) is 12.1 Å². The fraction of sp³-hybridized carbons (Fsp3) is 0.462. The summed E-state index contributed by atoms with van der Waals surface area (Å²) >= 11 is 0. The van der Waals surface area contributed by atoms with Crippen LogP contribution in [0, 0.1) is 5.82 Å². The monoisotopic (exact) mass is 234 g/mol. The van der Waals surface area contributed by atoms with Gasteiger partial charge in [-0.3, -0.25) is 4.79 Å². The number of rotatable bonds is 0. The van der Waals surface area contributed by atoms with E-state index in [0.717, 1.165) is 31.4 Å². The molecule has 1 aliphatic heterocycles. The molecule has 1 aliphatic carbocycles. The zero-order chi connectivity index (χ0) is 12.0. The Morgan fingerprint density at radius 3 is 2.76 bits per heavy atom. The number of fused-ring (bicyclic) bond motifs is 1. The predicted octanol–water partition coefficient (Wildman–Crippen LogP) is 2.53. The standard InChI is InChI=1S/C13H15FN2O/c1-16-11-8-9(14)4-5-10(11)15-12(17)13(16)6-2-3-7-13/h4-5,8H,2-3,6-7H2,1H3,(H,15,17). The lowest BCUT2D eigenvalue weighted by Crippen LogP contribution is -2.56. The van der Waals surface area contributed by atoms with Crippen LogP contribution in [0.3, 0.4) is 0 Å². The van der Waals surface area contributed by atoms with Gasteiger partial charge in [-0.15, -0.1) is 0 Å². The highest BCUT2D eigenvalue weighted by atomic mass is 19.1. The molecule has 1 aromatic rings. The molecule has 1 heterocycles. The number of nitrogens with one attached hydrogen (secondary N) is 1. The largest absolute Gasteiger partial charge is 0.358 e. The molecule has 1 amide bonds. The molecule has 0 aromatic heterocycles. The zero-order valence-corrected chi connectivity index (χ0v) is 9.79. The molecule has 1 N–H and O–H groups in total. The second-order valence-electron chi connectivity index (χ2n) is 4.91. The molecule has 4 heteroatoms. The van der Waals surface area contributed by atoms with Crippen LogP contribution in [0.5, 0.6) is 0 Å². The molecule has 0 bridgehead atoms. The minimum Gasteiger partial charge on any atom is -0.358 e. The normalized spacial score (nSPS) is 21.5. The number of amides is 1. The van der Waals surface area contributed by atoms with E-state index >= 15 is 0 Å². The Kier molecular flexibility index (Phi) is 2.15. The maximum absolute atomic E-state index is 13.3. The molecule has 1 saturated carbocycles. The van der Waals surface area contributed by atoms with Crippen molar-refractivity contribution < 1.29 is 9.18 Å². The van der Waals surface area contributed by atoms with Crippen molar-refractivity contribution in [2.75, 3.05) is 17.3 Å². The highest BCUT2D eigenvalue weighted by Gasteiger charge is 2.48. The summed E-state index contributed by atoms with van der Waals surface area (Å²) < 4.78 is 13.3. The van der Waals surface area contributed by atoms with Gasteiger partial charge in [-0.1, -0.05) is 12.8 Å². The van der Waals surface area contributed by atoms with Gasteiger partial charge in [0.15, 0.2) is 0 Å². The van der Waals surface area contributed by atoms with Crippen molar-refractivity contribution in [3.63, 3.8) is 0 Å². The Morgan fingerprint density at radius 2 is 2.06 bits per heavy atom. The van der Waals surface area contributed by atoms with Gasteiger partial charge >= 0.3 is 0 Å². The van der Waals surface area contributed by atoms with Crippen LogP contribution >= 0.6 is 0 Å². The second-order valence-corrected chi connectivity index (χ2v) is 4.91. The van der Waals surface area contributed by atoms with E-state index in [9.17, 15) is 9.18 Å². The molecule has 0 atom stereocenters. The average molecular weight is 234 g/mol. The van der Waals surface area contributed by atoms with Crippen LogP contribution in [-0.2, 0) is 4.79 Å². The third kappa shape index (κ3) is 1.36. The van der Waals surface area contributed by atoms with Crippen LogP contribution in [0.2, 0.25) is 0 Å². The average Bonchev–Trinajstić information content (AvgIpc) is 2.79. The van der Waals surface area contributed by atoms with Gasteiger partial charge < -0.3 is 10.2 Å². The Bertz CT molecular complexity index is 480. The van der Waals surface area contributed by atoms with E-state index in [2.05, 4.69) is 5.32 Å². The number of likely N-dealkylation sites (N-methyl/N-ethyl adjacent to an activating group) is 1. The summed E-state index contributed by atoms with van der Waals surface area (Å²) in [7, 11) is 1.89. The minimum atomic E-state index is -0.458. The fourth-order valence-corrected chi connectivity index (χ4v) is 3.03. The molecular weight excluding hydrogens is 219 g/mol. The quantitative estimate of drug-likeness (QED) is 0.748. The summed E-state index contributed by atoms with van der Waals surface area (Å²) in [6.07, 6.45) is 3.82. The van der Waals surface area contributed by atoms with Crippen molar-refractivity contribution in [1.29, 1.82) is 0 Å². The molecule has 3 nitrogen and oxygen atoms in total. The van der Waals surface area contributed by atoms with E-state index < -0.39 is 5.54 Å². The highest BCUT2D eigenvalue weighted by molar-refractivity contribution is 6.06. The van der Waals surface area contributed by atoms with Gasteiger partial charge in [0.25, 0.3) is 0 Å². The summed E-state index contributed by atoms with van der Waals surface area (Å²) in [5, 5.41) is 2.90. The van der Waals surface area contributed by atoms with E-state index in [1.54, 1.807) is 6.07 Å². The van der Waals surface area contributed by atoms with Crippen molar-refractivity contribution in [3.05, 3.63) is 24.0 Å². The van der Waals surface area contributed by atoms with E-state index in [-0.39, 0.29) is 11.7 Å². The van der Waals surface area contributed by atoms with Gasteiger partial charge in [0.05, 0.1) is 11.4 Å². The number of carbonyl (C=O) groups is 1. The molecule has 0 unspecified atom stereocenters. The molecular formula is C13H15FN2O. The summed E-state index contributed by atoms with van der Waals surface area (Å²) in [5.74, 6) is -0.212. The predicted molar refractivity (Wildman–Crippen MR) is 64.6 cm³/mol. The summed E-state index contributed by atoms with van der Waals surface area (Å²) in [5.41, 5.74) is 1.03. The third-order valence-corrected chi connectivity index (χ3v) is 4.06. The first-order valence-electron chi connectivity index (χ1n) is 5.98. The number of halogens is 1. The zero-order valence-electron chi connectivity index (χ0n) is 9.79. The first kappa shape index (κ1) is 10.6. The van der Waals surface area contributed by atoms with Gasteiger partial charge in [0.1, 0.15) is 11.4 Å².